The van der Waals surface area contributed by atoms with Gasteiger partial charge in [-0.1, -0.05) is 28.9 Å². The molecule has 0 atom stereocenters. The van der Waals surface area contributed by atoms with Crippen LogP contribution >= 0.6 is 11.6 Å². The molecule has 0 saturated carbocycles. The minimum Gasteiger partial charge on any atom is -0.497 e. The van der Waals surface area contributed by atoms with Crippen molar-refractivity contribution < 1.29 is 18.7 Å². The Morgan fingerprint density at radius 3 is 2.29 bits per heavy atom. The normalized spacial score (nSPS) is 10.5. The van der Waals surface area contributed by atoms with Crippen LogP contribution in [0.25, 0.3) is 22.5 Å². The van der Waals surface area contributed by atoms with Crippen molar-refractivity contribution in [2.45, 2.75) is 0 Å². The van der Waals surface area contributed by atoms with Crippen molar-refractivity contribution in [2.24, 2.45) is 0 Å². The van der Waals surface area contributed by atoms with Gasteiger partial charge in [0.25, 0.3) is 0 Å². The van der Waals surface area contributed by atoms with Crippen LogP contribution in [0.3, 0.4) is 0 Å². The highest BCUT2D eigenvalue weighted by molar-refractivity contribution is 6.30. The fraction of sp³-hybridized carbons (Fsp3) is 0.167. The first-order valence-electron chi connectivity index (χ1n) is 7.19. The summed E-state index contributed by atoms with van der Waals surface area (Å²) < 4.78 is 21.7. The Balaban J connectivity index is 2.20. The molecule has 1 aromatic heterocycles. The van der Waals surface area contributed by atoms with Gasteiger partial charge in [-0.15, -0.1) is 0 Å². The summed E-state index contributed by atoms with van der Waals surface area (Å²) in [5.41, 5.74) is 2.44. The number of ether oxygens (including phenoxy) is 3. The summed E-state index contributed by atoms with van der Waals surface area (Å²) in [6.45, 7) is 0. The summed E-state index contributed by atoms with van der Waals surface area (Å²) in [6.07, 6.45) is 1.66. The lowest BCUT2D eigenvalue weighted by Crippen LogP contribution is -1.95. The first kappa shape index (κ1) is 16.2. The van der Waals surface area contributed by atoms with Gasteiger partial charge < -0.3 is 18.7 Å². The van der Waals surface area contributed by atoms with Gasteiger partial charge in [-0.2, -0.15) is 0 Å². The van der Waals surface area contributed by atoms with Crippen LogP contribution in [0.2, 0.25) is 5.02 Å². The molecule has 0 unspecified atom stereocenters. The topological polar surface area (TPSA) is 53.7 Å². The van der Waals surface area contributed by atoms with Crippen molar-refractivity contribution in [1.29, 1.82) is 0 Å². The highest BCUT2D eigenvalue weighted by atomic mass is 35.5. The van der Waals surface area contributed by atoms with Crippen LogP contribution in [-0.2, 0) is 0 Å². The molecule has 1 heterocycles. The predicted octanol–water partition coefficient (Wildman–Crippen LogP) is 4.69. The van der Waals surface area contributed by atoms with Crippen LogP contribution in [0.5, 0.6) is 17.2 Å². The minimum absolute atomic E-state index is 0.547. The van der Waals surface area contributed by atoms with Gasteiger partial charge in [-0.05, 0) is 23.8 Å². The number of rotatable bonds is 5. The van der Waals surface area contributed by atoms with Gasteiger partial charge >= 0.3 is 0 Å². The first-order chi connectivity index (χ1) is 11.7. The lowest BCUT2D eigenvalue weighted by Gasteiger charge is -2.14. The molecule has 0 aliphatic carbocycles. The van der Waals surface area contributed by atoms with E-state index in [2.05, 4.69) is 5.16 Å². The van der Waals surface area contributed by atoms with E-state index >= 15 is 0 Å². The molecule has 0 saturated heterocycles. The molecule has 24 heavy (non-hydrogen) atoms. The van der Waals surface area contributed by atoms with Crippen molar-refractivity contribution in [3.05, 3.63) is 47.6 Å². The molecule has 0 spiro atoms. The highest BCUT2D eigenvalue weighted by Crippen LogP contribution is 2.44. The maximum atomic E-state index is 5.96. The van der Waals surface area contributed by atoms with E-state index in [0.717, 1.165) is 11.1 Å². The zero-order valence-corrected chi connectivity index (χ0v) is 14.3. The van der Waals surface area contributed by atoms with Crippen molar-refractivity contribution in [2.75, 3.05) is 21.3 Å². The van der Waals surface area contributed by atoms with Crippen molar-refractivity contribution in [3.8, 4) is 39.7 Å². The zero-order chi connectivity index (χ0) is 17.1. The van der Waals surface area contributed by atoms with Gasteiger partial charge in [-0.3, -0.25) is 0 Å². The number of benzene rings is 2. The van der Waals surface area contributed by atoms with Crippen molar-refractivity contribution in [1.82, 2.24) is 5.16 Å². The van der Waals surface area contributed by atoms with Crippen molar-refractivity contribution in [3.63, 3.8) is 0 Å². The number of hydrogen-bond donors (Lipinski definition) is 0. The molecule has 0 aliphatic rings. The van der Waals surface area contributed by atoms with E-state index in [4.69, 9.17) is 30.3 Å². The van der Waals surface area contributed by atoms with Crippen molar-refractivity contribution >= 4 is 11.6 Å². The molecule has 3 aromatic rings. The van der Waals surface area contributed by atoms with Gasteiger partial charge in [0.2, 0.25) is 0 Å². The Morgan fingerprint density at radius 1 is 0.917 bits per heavy atom. The maximum Gasteiger partial charge on any atom is 0.178 e. The number of aromatic nitrogens is 1. The van der Waals surface area contributed by atoms with E-state index in [1.165, 1.54) is 0 Å². The highest BCUT2D eigenvalue weighted by Gasteiger charge is 2.21. The smallest absolute Gasteiger partial charge is 0.178 e. The average molecular weight is 346 g/mol. The van der Waals surface area contributed by atoms with Gasteiger partial charge in [0.05, 0.1) is 33.1 Å². The number of hydrogen-bond acceptors (Lipinski definition) is 5. The Kier molecular flexibility index (Phi) is 4.62. The second kappa shape index (κ2) is 6.84. The van der Waals surface area contributed by atoms with Gasteiger partial charge in [0, 0.05) is 16.7 Å². The molecular weight excluding hydrogens is 330 g/mol. The number of halogens is 1. The zero-order valence-electron chi connectivity index (χ0n) is 13.5. The van der Waals surface area contributed by atoms with Crippen LogP contribution in [0, 0.1) is 0 Å². The summed E-state index contributed by atoms with van der Waals surface area (Å²) in [6, 6.07) is 11.0. The molecule has 0 radical (unpaired) electrons. The predicted molar refractivity (Wildman–Crippen MR) is 92.0 cm³/mol. The second-order valence-corrected chi connectivity index (χ2v) is 5.42. The fourth-order valence-electron chi connectivity index (χ4n) is 2.49. The molecule has 6 heteroatoms. The van der Waals surface area contributed by atoms with E-state index in [1.54, 1.807) is 33.6 Å². The molecular formula is C18H16ClNO4. The number of nitrogens with zero attached hydrogens (tertiary/aromatic N) is 1. The molecule has 0 fully saturated rings. The largest absolute Gasteiger partial charge is 0.497 e. The summed E-state index contributed by atoms with van der Waals surface area (Å²) >= 11 is 5.96. The molecule has 0 bridgehead atoms. The molecule has 2 aromatic carbocycles. The van der Waals surface area contributed by atoms with E-state index in [9.17, 15) is 0 Å². The Morgan fingerprint density at radius 2 is 1.67 bits per heavy atom. The first-order valence-corrected chi connectivity index (χ1v) is 7.56. The summed E-state index contributed by atoms with van der Waals surface area (Å²) in [7, 11) is 4.74. The van der Waals surface area contributed by atoms with E-state index < -0.39 is 0 Å². The SMILES string of the molecule is COc1cc(OC)c(OC)c(-c2oncc2-c2ccc(Cl)cc2)c1. The molecule has 0 aliphatic heterocycles. The average Bonchev–Trinajstić information content (AvgIpc) is 3.10. The lowest BCUT2D eigenvalue weighted by atomic mass is 10.0. The Labute approximate surface area is 144 Å². The standard InChI is InChI=1S/C18H16ClNO4/c1-21-13-8-14(18(23-3)16(9-13)22-2)17-15(10-20-24-17)11-4-6-12(19)7-5-11/h4-10H,1-3H3. The van der Waals surface area contributed by atoms with Gasteiger partial charge in [0.15, 0.2) is 17.3 Å². The van der Waals surface area contributed by atoms with E-state index in [-0.39, 0.29) is 0 Å². The van der Waals surface area contributed by atoms with Gasteiger partial charge in [-0.25, -0.2) is 0 Å². The summed E-state index contributed by atoms with van der Waals surface area (Å²) in [5.74, 6) is 2.28. The Hall–Kier alpha value is -2.66. The third kappa shape index (κ3) is 2.90. The second-order valence-electron chi connectivity index (χ2n) is 4.99. The van der Waals surface area contributed by atoms with Crippen LogP contribution < -0.4 is 14.2 Å². The fourth-order valence-corrected chi connectivity index (χ4v) is 2.62. The lowest BCUT2D eigenvalue weighted by molar-refractivity contribution is 0.348. The van der Waals surface area contributed by atoms with Crippen LogP contribution in [-0.4, -0.2) is 26.5 Å². The monoisotopic (exact) mass is 345 g/mol. The maximum absolute atomic E-state index is 5.96. The summed E-state index contributed by atoms with van der Waals surface area (Å²) in [4.78, 5) is 0. The molecule has 3 rings (SSSR count). The molecule has 0 amide bonds. The van der Waals surface area contributed by atoms with Crippen LogP contribution in [0.1, 0.15) is 0 Å². The molecule has 124 valence electrons. The number of methoxy groups -OCH3 is 3. The molecule has 5 nitrogen and oxygen atoms in total. The van der Waals surface area contributed by atoms with E-state index in [1.807, 2.05) is 30.3 Å². The third-order valence-electron chi connectivity index (χ3n) is 3.66. The van der Waals surface area contributed by atoms with Crippen LogP contribution in [0.15, 0.2) is 47.1 Å². The summed E-state index contributed by atoms with van der Waals surface area (Å²) in [5, 5.41) is 4.60. The quantitative estimate of drug-likeness (QED) is 0.671. The Bertz CT molecular complexity index is 843. The van der Waals surface area contributed by atoms with E-state index in [0.29, 0.717) is 33.6 Å². The molecule has 0 N–H and O–H groups in total. The third-order valence-corrected chi connectivity index (χ3v) is 3.91. The van der Waals surface area contributed by atoms with Crippen LogP contribution in [0.4, 0.5) is 0 Å². The minimum atomic E-state index is 0.547. The van der Waals surface area contributed by atoms with Gasteiger partial charge in [0.1, 0.15) is 5.75 Å².